The molecule has 0 N–H and O–H groups in total. The summed E-state index contributed by atoms with van der Waals surface area (Å²) in [5.41, 5.74) is 0. The smallest absolute Gasteiger partial charge is 0.0809 e. The maximum Gasteiger partial charge on any atom is 0.0809 e. The Labute approximate surface area is 76.4 Å². The Morgan fingerprint density at radius 2 is 2.50 bits per heavy atom. The highest BCUT2D eigenvalue weighted by Gasteiger charge is 1.92. The molecule has 2 nitrogen and oxygen atoms in total. The van der Waals surface area contributed by atoms with Crippen LogP contribution in [0.3, 0.4) is 0 Å². The summed E-state index contributed by atoms with van der Waals surface area (Å²) in [5.74, 6) is 0. The molecule has 0 spiro atoms. The van der Waals surface area contributed by atoms with Crippen molar-refractivity contribution in [3.05, 3.63) is 22.4 Å². The van der Waals surface area contributed by atoms with Gasteiger partial charge in [-0.15, -0.1) is 11.3 Å². The molecule has 0 unspecified atom stereocenters. The van der Waals surface area contributed by atoms with Gasteiger partial charge in [-0.3, -0.25) is 0 Å². The molecule has 12 heavy (non-hydrogen) atoms. The number of ether oxygens (including phenoxy) is 1. The van der Waals surface area contributed by atoms with Gasteiger partial charge in [0.15, 0.2) is 0 Å². The zero-order valence-corrected chi connectivity index (χ0v) is 7.64. The normalized spacial score (nSPS) is 9.58. The van der Waals surface area contributed by atoms with Gasteiger partial charge in [0.2, 0.25) is 0 Å². The number of hydrogen-bond acceptors (Lipinski definition) is 3. The van der Waals surface area contributed by atoms with Crippen LogP contribution in [0.25, 0.3) is 0 Å². The van der Waals surface area contributed by atoms with E-state index in [-0.39, 0.29) is 0 Å². The predicted molar refractivity (Wildman–Crippen MR) is 48.8 cm³/mol. The summed E-state index contributed by atoms with van der Waals surface area (Å²) in [7, 11) is 0. The second-order valence-corrected chi connectivity index (χ2v) is 3.43. The molecule has 0 bridgehead atoms. The molecule has 0 atom stereocenters. The number of unbranched alkanes of at least 4 members (excludes halogenated alkanes) is 1. The van der Waals surface area contributed by atoms with E-state index in [0.717, 1.165) is 6.42 Å². The molecule has 1 rings (SSSR count). The summed E-state index contributed by atoms with van der Waals surface area (Å²) in [5, 5.41) is 10.3. The van der Waals surface area contributed by atoms with Crippen LogP contribution in [0.1, 0.15) is 17.7 Å². The van der Waals surface area contributed by atoms with Gasteiger partial charge in [-0.2, -0.15) is 5.26 Å². The van der Waals surface area contributed by atoms with Crippen LogP contribution < -0.4 is 0 Å². The molecule has 3 heteroatoms. The highest BCUT2D eigenvalue weighted by molar-refractivity contribution is 7.09. The van der Waals surface area contributed by atoms with Crippen molar-refractivity contribution in [1.29, 1.82) is 5.26 Å². The molecule has 0 saturated heterocycles. The maximum absolute atomic E-state index is 8.25. The SMILES string of the molecule is N#CCCCOCc1cccs1. The van der Waals surface area contributed by atoms with Crippen LogP contribution in [-0.4, -0.2) is 6.61 Å². The third kappa shape index (κ3) is 3.51. The second kappa shape index (κ2) is 5.76. The molecule has 0 aliphatic rings. The number of nitriles is 1. The van der Waals surface area contributed by atoms with Crippen LogP contribution in [0.4, 0.5) is 0 Å². The molecule has 0 aliphatic heterocycles. The maximum atomic E-state index is 8.25. The van der Waals surface area contributed by atoms with Crippen LogP contribution in [0, 0.1) is 11.3 Å². The largest absolute Gasteiger partial charge is 0.376 e. The summed E-state index contributed by atoms with van der Waals surface area (Å²) >= 11 is 1.70. The molecule has 1 aromatic heterocycles. The Morgan fingerprint density at radius 1 is 1.58 bits per heavy atom. The van der Waals surface area contributed by atoms with Crippen LogP contribution in [0.2, 0.25) is 0 Å². The Balaban J connectivity index is 2.01. The summed E-state index contributed by atoms with van der Waals surface area (Å²) < 4.78 is 5.34. The molecule has 1 aromatic rings. The lowest BCUT2D eigenvalue weighted by molar-refractivity contribution is 0.121. The fourth-order valence-corrected chi connectivity index (χ4v) is 1.46. The van der Waals surface area contributed by atoms with Crippen LogP contribution in [-0.2, 0) is 11.3 Å². The van der Waals surface area contributed by atoms with E-state index in [2.05, 4.69) is 12.1 Å². The van der Waals surface area contributed by atoms with Gasteiger partial charge in [-0.05, 0) is 17.9 Å². The number of thiophene rings is 1. The first kappa shape index (κ1) is 9.24. The zero-order chi connectivity index (χ0) is 8.65. The van der Waals surface area contributed by atoms with E-state index in [1.165, 1.54) is 4.88 Å². The minimum Gasteiger partial charge on any atom is -0.376 e. The monoisotopic (exact) mass is 181 g/mol. The highest BCUT2D eigenvalue weighted by atomic mass is 32.1. The van der Waals surface area contributed by atoms with Crippen LogP contribution in [0.15, 0.2) is 17.5 Å². The number of rotatable bonds is 5. The van der Waals surface area contributed by atoms with E-state index >= 15 is 0 Å². The lowest BCUT2D eigenvalue weighted by atomic mass is 10.3. The average molecular weight is 181 g/mol. The van der Waals surface area contributed by atoms with Crippen molar-refractivity contribution in [2.75, 3.05) is 6.61 Å². The Morgan fingerprint density at radius 3 is 3.17 bits per heavy atom. The van der Waals surface area contributed by atoms with Crippen molar-refractivity contribution in [1.82, 2.24) is 0 Å². The fraction of sp³-hybridized carbons (Fsp3) is 0.444. The van der Waals surface area contributed by atoms with Gasteiger partial charge >= 0.3 is 0 Å². The van der Waals surface area contributed by atoms with Crippen molar-refractivity contribution in [3.63, 3.8) is 0 Å². The van der Waals surface area contributed by atoms with E-state index in [9.17, 15) is 0 Å². The molecular formula is C9H11NOS. The number of hydrogen-bond donors (Lipinski definition) is 0. The Kier molecular flexibility index (Phi) is 4.43. The van der Waals surface area contributed by atoms with E-state index in [4.69, 9.17) is 10.00 Å². The summed E-state index contributed by atoms with van der Waals surface area (Å²) in [6, 6.07) is 6.15. The van der Waals surface area contributed by atoms with Gasteiger partial charge in [0.1, 0.15) is 0 Å². The van der Waals surface area contributed by atoms with Gasteiger partial charge in [0, 0.05) is 17.9 Å². The van der Waals surface area contributed by atoms with Crippen molar-refractivity contribution in [2.45, 2.75) is 19.4 Å². The minimum absolute atomic E-state index is 0.588. The summed E-state index contributed by atoms with van der Waals surface area (Å²) in [6.45, 7) is 1.37. The quantitative estimate of drug-likeness (QED) is 0.654. The molecular weight excluding hydrogens is 170 g/mol. The van der Waals surface area contributed by atoms with E-state index < -0.39 is 0 Å². The fourth-order valence-electron chi connectivity index (χ4n) is 0.821. The molecule has 0 aromatic carbocycles. The highest BCUT2D eigenvalue weighted by Crippen LogP contribution is 2.09. The standard InChI is InChI=1S/C9H11NOS/c10-5-1-2-6-11-8-9-4-3-7-12-9/h3-4,7H,1-2,6,8H2. The van der Waals surface area contributed by atoms with E-state index in [1.807, 2.05) is 11.4 Å². The second-order valence-electron chi connectivity index (χ2n) is 2.39. The molecule has 64 valence electrons. The van der Waals surface area contributed by atoms with E-state index in [0.29, 0.717) is 19.6 Å². The lowest BCUT2D eigenvalue weighted by Gasteiger charge is -1.98. The van der Waals surface area contributed by atoms with Gasteiger partial charge in [0.25, 0.3) is 0 Å². The lowest BCUT2D eigenvalue weighted by Crippen LogP contribution is -1.92. The van der Waals surface area contributed by atoms with Crippen molar-refractivity contribution < 1.29 is 4.74 Å². The van der Waals surface area contributed by atoms with Gasteiger partial charge in [-0.25, -0.2) is 0 Å². The van der Waals surface area contributed by atoms with Crippen molar-refractivity contribution in [3.8, 4) is 6.07 Å². The summed E-state index contributed by atoms with van der Waals surface area (Å²) in [4.78, 5) is 1.24. The third-order valence-corrected chi connectivity index (χ3v) is 2.25. The van der Waals surface area contributed by atoms with Crippen molar-refractivity contribution in [2.24, 2.45) is 0 Å². The first-order chi connectivity index (χ1) is 5.93. The molecule has 0 saturated carbocycles. The first-order valence-corrected chi connectivity index (χ1v) is 4.78. The number of nitrogens with zero attached hydrogens (tertiary/aromatic N) is 1. The average Bonchev–Trinajstić information content (AvgIpc) is 2.57. The Bertz CT molecular complexity index is 238. The molecule has 0 fully saturated rings. The van der Waals surface area contributed by atoms with Crippen LogP contribution in [0.5, 0.6) is 0 Å². The molecule has 0 aliphatic carbocycles. The molecule has 0 amide bonds. The zero-order valence-electron chi connectivity index (χ0n) is 6.82. The molecule has 1 heterocycles. The van der Waals surface area contributed by atoms with Gasteiger partial charge in [0.05, 0.1) is 12.7 Å². The minimum atomic E-state index is 0.588. The molecule has 0 radical (unpaired) electrons. The van der Waals surface area contributed by atoms with Gasteiger partial charge < -0.3 is 4.74 Å². The topological polar surface area (TPSA) is 33.0 Å². The predicted octanol–water partition coefficient (Wildman–Crippen LogP) is 2.57. The Hall–Kier alpha value is -0.850. The van der Waals surface area contributed by atoms with Crippen LogP contribution >= 0.6 is 11.3 Å². The third-order valence-electron chi connectivity index (χ3n) is 1.40. The summed E-state index contributed by atoms with van der Waals surface area (Å²) in [6.07, 6.45) is 1.42. The van der Waals surface area contributed by atoms with E-state index in [1.54, 1.807) is 11.3 Å². The van der Waals surface area contributed by atoms with Crippen molar-refractivity contribution >= 4 is 11.3 Å². The first-order valence-electron chi connectivity index (χ1n) is 3.90. The van der Waals surface area contributed by atoms with Gasteiger partial charge in [-0.1, -0.05) is 6.07 Å².